The zero-order valence-electron chi connectivity index (χ0n) is 24.8. The van der Waals surface area contributed by atoms with Crippen LogP contribution in [-0.2, 0) is 0 Å². The number of rotatable bonds is 10. The SMILES string of the molecule is C=C/C(=C\C(=C/C)c1ccc2[nH]nc(-c3nc4nccc(-c5ccc(C(=C)C)s5)c4[nH]3)c2c1)NC(=C)CC1CCNCC1. The summed E-state index contributed by atoms with van der Waals surface area (Å²) in [5.41, 5.74) is 9.47. The predicted octanol–water partition coefficient (Wildman–Crippen LogP) is 8.23. The number of pyridine rings is 1. The molecule has 0 aliphatic carbocycles. The lowest BCUT2D eigenvalue weighted by atomic mass is 9.93. The molecule has 7 nitrogen and oxygen atoms in total. The molecule has 1 saturated heterocycles. The number of piperidine rings is 1. The van der Waals surface area contributed by atoms with Crippen molar-refractivity contribution in [2.75, 3.05) is 13.1 Å². The average molecular weight is 588 g/mol. The molecule has 1 aromatic carbocycles. The number of nitrogens with one attached hydrogen (secondary N) is 4. The Labute approximate surface area is 256 Å². The second-order valence-corrected chi connectivity index (χ2v) is 12.2. The summed E-state index contributed by atoms with van der Waals surface area (Å²) in [4.78, 5) is 15.2. The van der Waals surface area contributed by atoms with E-state index >= 15 is 0 Å². The highest BCUT2D eigenvalue weighted by molar-refractivity contribution is 7.16. The maximum absolute atomic E-state index is 4.84. The second-order valence-electron chi connectivity index (χ2n) is 11.1. The highest BCUT2D eigenvalue weighted by atomic mass is 32.1. The van der Waals surface area contributed by atoms with Crippen molar-refractivity contribution >= 4 is 44.5 Å². The van der Waals surface area contributed by atoms with E-state index in [-0.39, 0.29) is 0 Å². The van der Waals surface area contributed by atoms with Crippen LogP contribution in [0.3, 0.4) is 0 Å². The minimum Gasteiger partial charge on any atom is -0.359 e. The van der Waals surface area contributed by atoms with E-state index in [0.29, 0.717) is 17.4 Å². The normalized spacial score (nSPS) is 14.8. The number of imidazole rings is 1. The van der Waals surface area contributed by atoms with E-state index in [0.717, 1.165) is 80.2 Å². The first kappa shape index (κ1) is 28.6. The first-order valence-corrected chi connectivity index (χ1v) is 15.5. The molecule has 0 spiro atoms. The van der Waals surface area contributed by atoms with Gasteiger partial charge in [-0.05, 0) is 111 Å². The van der Waals surface area contributed by atoms with Crippen LogP contribution in [0.4, 0.5) is 0 Å². The van der Waals surface area contributed by atoms with Crippen molar-refractivity contribution < 1.29 is 0 Å². The lowest BCUT2D eigenvalue weighted by Crippen LogP contribution is -2.28. The Morgan fingerprint density at radius 1 is 1.14 bits per heavy atom. The van der Waals surface area contributed by atoms with Gasteiger partial charge in [0.1, 0.15) is 5.69 Å². The minimum atomic E-state index is 0.661. The fraction of sp³-hybridized carbons (Fsp3) is 0.229. The zero-order valence-corrected chi connectivity index (χ0v) is 25.6. The molecule has 1 aliphatic rings. The van der Waals surface area contributed by atoms with Gasteiger partial charge >= 0.3 is 0 Å². The van der Waals surface area contributed by atoms with Crippen LogP contribution in [-0.4, -0.2) is 38.2 Å². The van der Waals surface area contributed by atoms with Gasteiger partial charge in [0, 0.05) is 38.3 Å². The molecule has 6 rings (SSSR count). The monoisotopic (exact) mass is 587 g/mol. The standard InChI is InChI=1S/C35H37N7S/c1-6-24(19-26(7-2)38-22(5)18-23-12-15-36-16-13-23)25-8-9-29-28(20-25)33(42-41-29)35-39-32-27(14-17-37-34(32)40-35)31-11-10-30(43-31)21(3)4/h6-11,14,17,19-20,23,36,38H,2-3,5,12-13,15-16,18H2,1,4H3,(H,41,42)(H,37,39,40)/b24-6+,26-19+. The Morgan fingerprint density at radius 2 is 1.98 bits per heavy atom. The van der Waals surface area contributed by atoms with E-state index in [4.69, 9.17) is 4.98 Å². The summed E-state index contributed by atoms with van der Waals surface area (Å²) in [6.45, 7) is 18.7. The lowest BCUT2D eigenvalue weighted by molar-refractivity contribution is 0.368. The fourth-order valence-electron chi connectivity index (χ4n) is 5.65. The first-order chi connectivity index (χ1) is 20.9. The topological polar surface area (TPSA) is 94.3 Å². The van der Waals surface area contributed by atoms with E-state index in [1.54, 1.807) is 17.5 Å². The van der Waals surface area contributed by atoms with Gasteiger partial charge in [-0.1, -0.05) is 31.9 Å². The van der Waals surface area contributed by atoms with Crippen molar-refractivity contribution in [2.24, 2.45) is 5.92 Å². The summed E-state index contributed by atoms with van der Waals surface area (Å²) in [6.07, 6.45) is 11.2. The Hall–Kier alpha value is -4.53. The van der Waals surface area contributed by atoms with Gasteiger partial charge in [0.05, 0.1) is 11.0 Å². The molecule has 43 heavy (non-hydrogen) atoms. The average Bonchev–Trinajstić information content (AvgIpc) is 3.77. The van der Waals surface area contributed by atoms with Gasteiger partial charge in [-0.3, -0.25) is 5.10 Å². The number of hydrogen-bond acceptors (Lipinski definition) is 6. The molecule has 0 bridgehead atoms. The summed E-state index contributed by atoms with van der Waals surface area (Å²) in [5, 5.41) is 15.7. The third-order valence-corrected chi connectivity index (χ3v) is 9.24. The largest absolute Gasteiger partial charge is 0.359 e. The number of benzene rings is 1. The van der Waals surface area contributed by atoms with Crippen molar-refractivity contribution in [2.45, 2.75) is 33.1 Å². The summed E-state index contributed by atoms with van der Waals surface area (Å²) in [6, 6.07) is 12.6. The number of aromatic nitrogens is 5. The maximum Gasteiger partial charge on any atom is 0.178 e. The van der Waals surface area contributed by atoms with Crippen LogP contribution in [0.1, 0.15) is 43.6 Å². The molecule has 0 saturated carbocycles. The second kappa shape index (κ2) is 12.4. The zero-order chi connectivity index (χ0) is 29.9. The van der Waals surface area contributed by atoms with Crippen molar-refractivity contribution in [3.05, 3.63) is 102 Å². The van der Waals surface area contributed by atoms with Crippen LogP contribution in [0, 0.1) is 5.92 Å². The molecule has 5 aromatic rings. The molecule has 4 N–H and O–H groups in total. The van der Waals surface area contributed by atoms with E-state index in [1.807, 2.05) is 26.0 Å². The van der Waals surface area contributed by atoms with E-state index in [1.165, 1.54) is 17.7 Å². The highest BCUT2D eigenvalue weighted by Crippen LogP contribution is 2.36. The first-order valence-electron chi connectivity index (χ1n) is 14.7. The summed E-state index contributed by atoms with van der Waals surface area (Å²) >= 11 is 1.72. The molecular formula is C35H37N7S. The third kappa shape index (κ3) is 6.02. The van der Waals surface area contributed by atoms with Crippen LogP contribution >= 0.6 is 11.3 Å². The number of allylic oxidation sites excluding steroid dienone is 6. The molecule has 4 aromatic heterocycles. The molecule has 0 amide bonds. The minimum absolute atomic E-state index is 0.661. The molecule has 0 radical (unpaired) electrons. The van der Waals surface area contributed by atoms with E-state index in [9.17, 15) is 0 Å². The van der Waals surface area contributed by atoms with Crippen molar-refractivity contribution in [1.82, 2.24) is 35.8 Å². The number of fused-ring (bicyclic) bond motifs is 2. The van der Waals surface area contributed by atoms with E-state index < -0.39 is 0 Å². The van der Waals surface area contributed by atoms with Crippen LogP contribution < -0.4 is 10.6 Å². The summed E-state index contributed by atoms with van der Waals surface area (Å²) < 4.78 is 0. The summed E-state index contributed by atoms with van der Waals surface area (Å²) in [7, 11) is 0. The smallest absolute Gasteiger partial charge is 0.178 e. The molecule has 1 fully saturated rings. The third-order valence-electron chi connectivity index (χ3n) is 7.96. The maximum atomic E-state index is 4.84. The van der Waals surface area contributed by atoms with Crippen molar-refractivity contribution in [1.29, 1.82) is 0 Å². The Kier molecular flexibility index (Phi) is 8.22. The van der Waals surface area contributed by atoms with Gasteiger partial charge in [-0.15, -0.1) is 11.3 Å². The number of hydrogen-bond donors (Lipinski definition) is 4. The molecule has 5 heterocycles. The molecule has 8 heteroatoms. The Morgan fingerprint density at radius 3 is 2.72 bits per heavy atom. The molecule has 218 valence electrons. The van der Waals surface area contributed by atoms with Gasteiger partial charge in [-0.25, -0.2) is 9.97 Å². The van der Waals surface area contributed by atoms with Gasteiger partial charge < -0.3 is 15.6 Å². The number of nitrogens with zero attached hydrogens (tertiary/aromatic N) is 3. The van der Waals surface area contributed by atoms with Crippen LogP contribution in [0.2, 0.25) is 0 Å². The molecular weight excluding hydrogens is 551 g/mol. The quantitative estimate of drug-likeness (QED) is 0.124. The van der Waals surface area contributed by atoms with Gasteiger partial charge in [-0.2, -0.15) is 5.10 Å². The van der Waals surface area contributed by atoms with Gasteiger partial charge in [0.2, 0.25) is 0 Å². The van der Waals surface area contributed by atoms with Crippen LogP contribution in [0.25, 0.3) is 55.2 Å². The number of aromatic amines is 2. The van der Waals surface area contributed by atoms with Gasteiger partial charge in [0.15, 0.2) is 11.5 Å². The van der Waals surface area contributed by atoms with Crippen molar-refractivity contribution in [3.63, 3.8) is 0 Å². The van der Waals surface area contributed by atoms with Crippen molar-refractivity contribution in [3.8, 4) is 22.0 Å². The fourth-order valence-corrected chi connectivity index (χ4v) is 6.61. The Bertz CT molecular complexity index is 1890. The number of H-pyrrole nitrogens is 2. The Balaban J connectivity index is 1.30. The predicted molar refractivity (Wildman–Crippen MR) is 181 cm³/mol. The van der Waals surface area contributed by atoms with Crippen LogP contribution in [0.15, 0.2) is 92.0 Å². The highest BCUT2D eigenvalue weighted by Gasteiger charge is 2.18. The summed E-state index contributed by atoms with van der Waals surface area (Å²) in [5.74, 6) is 1.34. The lowest BCUT2D eigenvalue weighted by Gasteiger charge is -2.24. The van der Waals surface area contributed by atoms with E-state index in [2.05, 4.69) is 93.0 Å². The molecule has 1 aliphatic heterocycles. The molecule has 0 atom stereocenters. The number of thiophene rings is 1. The van der Waals surface area contributed by atoms with Crippen LogP contribution in [0.5, 0.6) is 0 Å². The van der Waals surface area contributed by atoms with Gasteiger partial charge in [0.25, 0.3) is 0 Å². The molecule has 0 unspecified atom stereocenters.